The summed E-state index contributed by atoms with van der Waals surface area (Å²) in [6.45, 7) is 6.47. The van der Waals surface area contributed by atoms with Gasteiger partial charge in [-0.15, -0.1) is 0 Å². The van der Waals surface area contributed by atoms with Crippen LogP contribution in [0.1, 0.15) is 5.56 Å². The van der Waals surface area contributed by atoms with Crippen molar-refractivity contribution < 1.29 is 4.74 Å². The van der Waals surface area contributed by atoms with E-state index in [0.29, 0.717) is 0 Å². The number of hydrogen-bond acceptors (Lipinski definition) is 3. The van der Waals surface area contributed by atoms with Gasteiger partial charge < -0.3 is 14.5 Å². The smallest absolute Gasteiger partial charge is 0.142 e. The maximum atomic E-state index is 5.49. The Kier molecular flexibility index (Phi) is 3.94. The molecule has 1 saturated heterocycles. The summed E-state index contributed by atoms with van der Waals surface area (Å²) in [5.74, 6) is 0.968. The normalized spacial score (nSPS) is 17.3. The second-order valence-electron chi connectivity index (χ2n) is 4.51. The maximum absolute atomic E-state index is 5.49. The summed E-state index contributed by atoms with van der Waals surface area (Å²) in [5.41, 5.74) is 2.49. The molecule has 0 radical (unpaired) electrons. The summed E-state index contributed by atoms with van der Waals surface area (Å²) < 4.78 is 6.63. The fourth-order valence-corrected chi connectivity index (χ4v) is 2.56. The minimum Gasteiger partial charge on any atom is -0.495 e. The van der Waals surface area contributed by atoms with Gasteiger partial charge in [-0.3, -0.25) is 0 Å². The minimum atomic E-state index is 0.968. The van der Waals surface area contributed by atoms with Crippen molar-refractivity contribution >= 4 is 21.6 Å². The zero-order chi connectivity index (χ0) is 12.4. The number of anilines is 1. The van der Waals surface area contributed by atoms with Gasteiger partial charge in [0, 0.05) is 30.7 Å². The Labute approximate surface area is 111 Å². The molecule has 0 saturated carbocycles. The van der Waals surface area contributed by atoms with E-state index in [4.69, 9.17) is 4.74 Å². The van der Waals surface area contributed by atoms with Gasteiger partial charge in [0.05, 0.1) is 12.8 Å². The molecule has 0 aliphatic carbocycles. The van der Waals surface area contributed by atoms with Crippen LogP contribution in [-0.2, 0) is 0 Å². The van der Waals surface area contributed by atoms with E-state index in [9.17, 15) is 0 Å². The van der Waals surface area contributed by atoms with Crippen molar-refractivity contribution in [1.29, 1.82) is 0 Å². The first-order valence-electron chi connectivity index (χ1n) is 5.90. The molecule has 0 aromatic heterocycles. The Hall–Kier alpha value is -0.740. The highest BCUT2D eigenvalue weighted by atomic mass is 79.9. The number of benzene rings is 1. The van der Waals surface area contributed by atoms with Gasteiger partial charge in [0.25, 0.3) is 0 Å². The molecule has 3 nitrogen and oxygen atoms in total. The lowest BCUT2D eigenvalue weighted by atomic mass is 10.1. The molecule has 0 atom stereocenters. The molecule has 1 aliphatic heterocycles. The second kappa shape index (κ2) is 5.27. The van der Waals surface area contributed by atoms with Crippen LogP contribution >= 0.6 is 15.9 Å². The van der Waals surface area contributed by atoms with Crippen molar-refractivity contribution in [2.75, 3.05) is 45.2 Å². The zero-order valence-corrected chi connectivity index (χ0v) is 12.2. The van der Waals surface area contributed by atoms with Gasteiger partial charge in [0.1, 0.15) is 5.75 Å². The Balaban J connectivity index is 2.33. The quantitative estimate of drug-likeness (QED) is 0.834. The number of methoxy groups -OCH3 is 1. The van der Waals surface area contributed by atoms with Crippen molar-refractivity contribution in [3.8, 4) is 5.75 Å². The Bertz CT molecular complexity index is 401. The van der Waals surface area contributed by atoms with Gasteiger partial charge in [-0.1, -0.05) is 15.9 Å². The summed E-state index contributed by atoms with van der Waals surface area (Å²) in [6.07, 6.45) is 0. The Morgan fingerprint density at radius 1 is 1.18 bits per heavy atom. The average Bonchev–Trinajstić information content (AvgIpc) is 2.34. The van der Waals surface area contributed by atoms with E-state index >= 15 is 0 Å². The van der Waals surface area contributed by atoms with E-state index in [1.165, 1.54) is 11.3 Å². The number of rotatable bonds is 2. The largest absolute Gasteiger partial charge is 0.495 e. The molecule has 1 aromatic carbocycles. The molecule has 1 heterocycles. The summed E-state index contributed by atoms with van der Waals surface area (Å²) >= 11 is 3.60. The maximum Gasteiger partial charge on any atom is 0.142 e. The van der Waals surface area contributed by atoms with Crippen LogP contribution < -0.4 is 9.64 Å². The molecular formula is C13H19BrN2O. The minimum absolute atomic E-state index is 0.968. The van der Waals surface area contributed by atoms with Crippen LogP contribution in [0.5, 0.6) is 5.75 Å². The Morgan fingerprint density at radius 2 is 1.82 bits per heavy atom. The molecule has 1 fully saturated rings. The van der Waals surface area contributed by atoms with Crippen LogP contribution in [0.3, 0.4) is 0 Å². The molecular weight excluding hydrogens is 280 g/mol. The fourth-order valence-electron chi connectivity index (χ4n) is 2.24. The van der Waals surface area contributed by atoms with E-state index < -0.39 is 0 Å². The number of hydrogen-bond donors (Lipinski definition) is 0. The number of nitrogens with zero attached hydrogens (tertiary/aromatic N) is 2. The van der Waals surface area contributed by atoms with Crippen LogP contribution in [0.25, 0.3) is 0 Å². The van der Waals surface area contributed by atoms with Crippen molar-refractivity contribution in [2.24, 2.45) is 0 Å². The van der Waals surface area contributed by atoms with Crippen LogP contribution in [0.15, 0.2) is 16.6 Å². The van der Waals surface area contributed by atoms with E-state index in [1.54, 1.807) is 7.11 Å². The summed E-state index contributed by atoms with van der Waals surface area (Å²) in [6, 6.07) is 4.08. The zero-order valence-electron chi connectivity index (χ0n) is 10.7. The Morgan fingerprint density at radius 3 is 2.41 bits per heavy atom. The standard InChI is InChI=1S/C13H19BrN2O/c1-10-11(14)4-5-12(17-3)13(10)16-8-6-15(2)7-9-16/h4-5H,6-9H2,1-3H3. The highest BCUT2D eigenvalue weighted by Gasteiger charge is 2.20. The third-order valence-corrected chi connectivity index (χ3v) is 4.23. The monoisotopic (exact) mass is 298 g/mol. The number of ether oxygens (including phenoxy) is 1. The molecule has 2 rings (SSSR count). The van der Waals surface area contributed by atoms with Crippen molar-refractivity contribution in [1.82, 2.24) is 4.90 Å². The van der Waals surface area contributed by atoms with Crippen LogP contribution in [0.2, 0.25) is 0 Å². The molecule has 1 aliphatic rings. The fraction of sp³-hybridized carbons (Fsp3) is 0.538. The SMILES string of the molecule is COc1ccc(Br)c(C)c1N1CCN(C)CC1. The average molecular weight is 299 g/mol. The topological polar surface area (TPSA) is 15.7 Å². The van der Waals surface area contributed by atoms with E-state index in [1.807, 2.05) is 12.1 Å². The number of likely N-dealkylation sites (N-methyl/N-ethyl adjacent to an activating group) is 1. The molecule has 0 N–H and O–H groups in total. The van der Waals surface area contributed by atoms with Gasteiger partial charge in [-0.25, -0.2) is 0 Å². The highest BCUT2D eigenvalue weighted by Crippen LogP contribution is 2.36. The lowest BCUT2D eigenvalue weighted by Gasteiger charge is -2.35. The second-order valence-corrected chi connectivity index (χ2v) is 5.37. The lowest BCUT2D eigenvalue weighted by Crippen LogP contribution is -2.44. The predicted octanol–water partition coefficient (Wildman–Crippen LogP) is 2.52. The van der Waals surface area contributed by atoms with Gasteiger partial charge in [0.2, 0.25) is 0 Å². The van der Waals surface area contributed by atoms with Crippen molar-refractivity contribution in [3.05, 3.63) is 22.2 Å². The van der Waals surface area contributed by atoms with E-state index in [2.05, 4.69) is 39.7 Å². The molecule has 94 valence electrons. The van der Waals surface area contributed by atoms with E-state index in [-0.39, 0.29) is 0 Å². The van der Waals surface area contributed by atoms with Crippen molar-refractivity contribution in [3.63, 3.8) is 0 Å². The van der Waals surface area contributed by atoms with Crippen LogP contribution in [0, 0.1) is 6.92 Å². The summed E-state index contributed by atoms with van der Waals surface area (Å²) in [5, 5.41) is 0. The molecule has 0 spiro atoms. The van der Waals surface area contributed by atoms with Crippen LogP contribution in [0.4, 0.5) is 5.69 Å². The number of halogens is 1. The molecule has 0 bridgehead atoms. The number of piperazine rings is 1. The molecule has 0 unspecified atom stereocenters. The first-order chi connectivity index (χ1) is 8.13. The predicted molar refractivity (Wildman–Crippen MR) is 75.1 cm³/mol. The van der Waals surface area contributed by atoms with Gasteiger partial charge in [-0.05, 0) is 31.7 Å². The van der Waals surface area contributed by atoms with Gasteiger partial charge in [0.15, 0.2) is 0 Å². The first-order valence-corrected chi connectivity index (χ1v) is 6.69. The third-order valence-electron chi connectivity index (χ3n) is 3.37. The molecule has 1 aromatic rings. The summed E-state index contributed by atoms with van der Waals surface area (Å²) in [7, 11) is 3.91. The van der Waals surface area contributed by atoms with Gasteiger partial charge >= 0.3 is 0 Å². The first kappa shape index (κ1) is 12.7. The highest BCUT2D eigenvalue weighted by molar-refractivity contribution is 9.10. The third kappa shape index (κ3) is 2.58. The molecule has 4 heteroatoms. The van der Waals surface area contributed by atoms with E-state index in [0.717, 1.165) is 36.4 Å². The molecule has 17 heavy (non-hydrogen) atoms. The van der Waals surface area contributed by atoms with Crippen LogP contribution in [-0.4, -0.2) is 45.2 Å². The van der Waals surface area contributed by atoms with Crippen molar-refractivity contribution in [2.45, 2.75) is 6.92 Å². The molecule has 0 amide bonds. The lowest BCUT2D eigenvalue weighted by molar-refractivity contribution is 0.311. The summed E-state index contributed by atoms with van der Waals surface area (Å²) in [4.78, 5) is 4.77. The van der Waals surface area contributed by atoms with Gasteiger partial charge in [-0.2, -0.15) is 0 Å².